The molecule has 104 valence electrons. The van der Waals surface area contributed by atoms with Crippen molar-refractivity contribution in [2.45, 2.75) is 39.0 Å². The summed E-state index contributed by atoms with van der Waals surface area (Å²) in [5.74, 6) is -0.192. The van der Waals surface area contributed by atoms with Crippen LogP contribution in [0.1, 0.15) is 32.8 Å². The van der Waals surface area contributed by atoms with Gasteiger partial charge in [0.1, 0.15) is 0 Å². The first-order chi connectivity index (χ1) is 8.74. The minimum absolute atomic E-state index is 0.102. The molecule has 0 saturated heterocycles. The van der Waals surface area contributed by atoms with Crippen molar-refractivity contribution in [3.8, 4) is 5.75 Å². The largest absolute Gasteiger partial charge is 0.573 e. The number of para-hydroxylation sites is 1. The fraction of sp³-hybridized carbons (Fsp3) is 0.429. The zero-order chi connectivity index (χ0) is 14.3. The highest BCUT2D eigenvalue weighted by Crippen LogP contribution is 2.37. The van der Waals surface area contributed by atoms with Crippen LogP contribution in [0, 0.1) is 0 Å². The Labute approximate surface area is 109 Å². The lowest BCUT2D eigenvalue weighted by Gasteiger charge is -2.22. The predicted molar refractivity (Wildman–Crippen MR) is 68.3 cm³/mol. The van der Waals surface area contributed by atoms with Gasteiger partial charge in [0.2, 0.25) is 0 Å². The lowest BCUT2D eigenvalue weighted by Crippen LogP contribution is -2.17. The van der Waals surface area contributed by atoms with Gasteiger partial charge in [0.15, 0.2) is 5.75 Å². The van der Waals surface area contributed by atoms with Crippen LogP contribution in [0.4, 0.5) is 13.2 Å². The van der Waals surface area contributed by atoms with E-state index in [4.69, 9.17) is 0 Å². The van der Waals surface area contributed by atoms with E-state index in [1.807, 2.05) is 6.07 Å². The summed E-state index contributed by atoms with van der Waals surface area (Å²) in [5, 5.41) is 0.772. The van der Waals surface area contributed by atoms with Crippen LogP contribution in [-0.4, -0.2) is 11.3 Å². The Bertz CT molecular complexity index is 584. The van der Waals surface area contributed by atoms with E-state index in [9.17, 15) is 13.2 Å². The molecule has 1 heterocycles. The highest BCUT2D eigenvalue weighted by molar-refractivity contribution is 5.89. The smallest absolute Gasteiger partial charge is 0.404 e. The van der Waals surface area contributed by atoms with Gasteiger partial charge in [-0.2, -0.15) is 0 Å². The number of halogens is 3. The molecule has 0 radical (unpaired) electrons. The second-order valence-corrected chi connectivity index (χ2v) is 5.17. The second kappa shape index (κ2) is 4.47. The normalized spacial score (nSPS) is 12.9. The van der Waals surface area contributed by atoms with E-state index in [1.54, 1.807) is 12.3 Å². The van der Waals surface area contributed by atoms with E-state index in [2.05, 4.69) is 30.5 Å². The van der Waals surface area contributed by atoms with Crippen LogP contribution in [0.2, 0.25) is 0 Å². The van der Waals surface area contributed by atoms with Gasteiger partial charge in [-0.15, -0.1) is 13.2 Å². The summed E-state index contributed by atoms with van der Waals surface area (Å²) in [5.41, 5.74) is 1.28. The lowest BCUT2D eigenvalue weighted by atomic mass is 9.82. The van der Waals surface area contributed by atoms with Gasteiger partial charge >= 0.3 is 6.36 Å². The number of nitrogens with one attached hydrogen (secondary N) is 1. The molecule has 0 atom stereocenters. The summed E-state index contributed by atoms with van der Waals surface area (Å²) in [7, 11) is 0. The summed E-state index contributed by atoms with van der Waals surface area (Å²) in [4.78, 5) is 2.89. The van der Waals surface area contributed by atoms with Crippen LogP contribution in [0.25, 0.3) is 10.9 Å². The zero-order valence-corrected chi connectivity index (χ0v) is 11.1. The number of hydrogen-bond donors (Lipinski definition) is 1. The number of aromatic amines is 1. The summed E-state index contributed by atoms with van der Waals surface area (Å²) >= 11 is 0. The predicted octanol–water partition coefficient (Wildman–Crippen LogP) is 4.75. The average molecular weight is 271 g/mol. The van der Waals surface area contributed by atoms with Crippen molar-refractivity contribution in [1.29, 1.82) is 0 Å². The number of rotatable bonds is 3. The van der Waals surface area contributed by atoms with Gasteiger partial charge in [-0.3, -0.25) is 0 Å². The number of H-pyrrole nitrogens is 1. The molecule has 0 spiro atoms. The molecule has 0 unspecified atom stereocenters. The van der Waals surface area contributed by atoms with Gasteiger partial charge in [0, 0.05) is 11.6 Å². The maximum Gasteiger partial charge on any atom is 0.573 e. The van der Waals surface area contributed by atoms with Crippen molar-refractivity contribution in [3.05, 3.63) is 30.0 Å². The molecule has 2 aromatic rings. The molecule has 0 saturated carbocycles. The molecule has 1 aromatic carbocycles. The first-order valence-electron chi connectivity index (χ1n) is 6.11. The van der Waals surface area contributed by atoms with Crippen LogP contribution in [0.15, 0.2) is 24.4 Å². The molecule has 0 bridgehead atoms. The number of hydrogen-bond acceptors (Lipinski definition) is 1. The molecule has 0 fully saturated rings. The van der Waals surface area contributed by atoms with E-state index in [0.29, 0.717) is 5.52 Å². The standard InChI is InChI=1S/C14H16F3NO/c1-4-13(2,3)10-8-18-12-9(10)6-5-7-11(12)19-14(15,16)17/h5-8,18H,4H2,1-3H3. The number of ether oxygens (including phenoxy) is 1. The van der Waals surface area contributed by atoms with E-state index in [0.717, 1.165) is 17.4 Å². The fourth-order valence-corrected chi connectivity index (χ4v) is 2.09. The molecule has 2 nitrogen and oxygen atoms in total. The Kier molecular flexibility index (Phi) is 3.24. The van der Waals surface area contributed by atoms with Gasteiger partial charge < -0.3 is 9.72 Å². The first-order valence-corrected chi connectivity index (χ1v) is 6.11. The highest BCUT2D eigenvalue weighted by atomic mass is 19.4. The zero-order valence-electron chi connectivity index (χ0n) is 11.1. The van der Waals surface area contributed by atoms with Crippen LogP contribution in [-0.2, 0) is 5.41 Å². The minimum atomic E-state index is -4.68. The van der Waals surface area contributed by atoms with E-state index < -0.39 is 6.36 Å². The van der Waals surface area contributed by atoms with Gasteiger partial charge in [0.05, 0.1) is 5.52 Å². The summed E-state index contributed by atoms with van der Waals surface area (Å²) in [6.45, 7) is 6.18. The molecule has 0 aliphatic heterocycles. The van der Waals surface area contributed by atoms with Crippen molar-refractivity contribution < 1.29 is 17.9 Å². The minimum Gasteiger partial charge on any atom is -0.404 e. The molecule has 0 aliphatic carbocycles. The van der Waals surface area contributed by atoms with Crippen molar-refractivity contribution in [2.75, 3.05) is 0 Å². The van der Waals surface area contributed by atoms with Crippen molar-refractivity contribution >= 4 is 10.9 Å². The number of fused-ring (bicyclic) bond motifs is 1. The molecular weight excluding hydrogens is 255 g/mol. The maximum absolute atomic E-state index is 12.3. The highest BCUT2D eigenvalue weighted by Gasteiger charge is 2.32. The van der Waals surface area contributed by atoms with E-state index >= 15 is 0 Å². The molecule has 0 aliphatic rings. The van der Waals surface area contributed by atoms with Crippen LogP contribution >= 0.6 is 0 Å². The summed E-state index contributed by atoms with van der Waals surface area (Å²) in [6.07, 6.45) is -2.03. The summed E-state index contributed by atoms with van der Waals surface area (Å²) < 4.78 is 41.1. The molecule has 2 rings (SSSR count). The maximum atomic E-state index is 12.3. The van der Waals surface area contributed by atoms with Crippen molar-refractivity contribution in [2.24, 2.45) is 0 Å². The quantitative estimate of drug-likeness (QED) is 0.855. The molecule has 5 heteroatoms. The Morgan fingerprint density at radius 3 is 2.47 bits per heavy atom. The van der Waals surface area contributed by atoms with Gasteiger partial charge in [-0.05, 0) is 23.5 Å². The molecule has 1 aromatic heterocycles. The van der Waals surface area contributed by atoms with Crippen LogP contribution in [0.3, 0.4) is 0 Å². The van der Waals surface area contributed by atoms with Gasteiger partial charge in [0.25, 0.3) is 0 Å². The molecule has 0 amide bonds. The molecule has 1 N–H and O–H groups in total. The Balaban J connectivity index is 2.55. The Hall–Kier alpha value is -1.65. The lowest BCUT2D eigenvalue weighted by molar-refractivity contribution is -0.274. The SMILES string of the molecule is CCC(C)(C)c1c[nH]c2c(OC(F)(F)F)cccc12. The summed E-state index contributed by atoms with van der Waals surface area (Å²) in [6, 6.07) is 4.70. The van der Waals surface area contributed by atoms with Crippen LogP contribution < -0.4 is 4.74 Å². The second-order valence-electron chi connectivity index (χ2n) is 5.17. The monoisotopic (exact) mass is 271 g/mol. The number of benzene rings is 1. The third-order valence-electron chi connectivity index (χ3n) is 3.52. The van der Waals surface area contributed by atoms with E-state index in [1.165, 1.54) is 6.07 Å². The Morgan fingerprint density at radius 2 is 1.89 bits per heavy atom. The molecule has 19 heavy (non-hydrogen) atoms. The van der Waals surface area contributed by atoms with Gasteiger partial charge in [-0.1, -0.05) is 32.9 Å². The fourth-order valence-electron chi connectivity index (χ4n) is 2.09. The first kappa shape index (κ1) is 13.8. The van der Waals surface area contributed by atoms with Crippen molar-refractivity contribution in [3.63, 3.8) is 0 Å². The third kappa shape index (κ3) is 2.69. The van der Waals surface area contributed by atoms with Crippen molar-refractivity contribution in [1.82, 2.24) is 4.98 Å². The van der Waals surface area contributed by atoms with E-state index in [-0.39, 0.29) is 11.2 Å². The molecular formula is C14H16F3NO. The van der Waals surface area contributed by atoms with Crippen LogP contribution in [0.5, 0.6) is 5.75 Å². The number of aromatic nitrogens is 1. The number of alkyl halides is 3. The topological polar surface area (TPSA) is 25.0 Å². The Morgan fingerprint density at radius 1 is 1.21 bits per heavy atom. The average Bonchev–Trinajstić information content (AvgIpc) is 2.72. The third-order valence-corrected chi connectivity index (χ3v) is 3.52. The van der Waals surface area contributed by atoms with Gasteiger partial charge in [-0.25, -0.2) is 0 Å².